The number of carbonyl (C=O) groups is 4. The molecule has 2 fully saturated rings. The lowest BCUT2D eigenvalue weighted by atomic mass is 9.96. The summed E-state index contributed by atoms with van der Waals surface area (Å²) in [6.45, 7) is 2.58. The van der Waals surface area contributed by atoms with Crippen LogP contribution in [-0.2, 0) is 52.3 Å². The molecule has 15 nitrogen and oxygen atoms in total. The van der Waals surface area contributed by atoms with E-state index in [9.17, 15) is 39.6 Å². The molecule has 2 aliphatic rings. The molecule has 2 aliphatic heterocycles. The molecule has 0 radical (unpaired) electrons. The average Bonchev–Trinajstić information content (AvgIpc) is 2.75. The highest BCUT2D eigenvalue weighted by atomic mass is 16.8. The lowest BCUT2D eigenvalue weighted by Crippen LogP contribution is -2.66. The second-order valence-electron chi connectivity index (χ2n) is 7.86. The van der Waals surface area contributed by atoms with Gasteiger partial charge in [-0.25, -0.2) is 0 Å². The van der Waals surface area contributed by atoms with Crippen LogP contribution in [-0.4, -0.2) is 119 Å². The van der Waals surface area contributed by atoms with Gasteiger partial charge in [0.1, 0.15) is 24.4 Å². The van der Waals surface area contributed by atoms with Gasteiger partial charge in [-0.3, -0.25) is 19.2 Å². The van der Waals surface area contributed by atoms with Crippen molar-refractivity contribution >= 4 is 23.9 Å². The molecule has 15 heteroatoms. The van der Waals surface area contributed by atoms with Crippen LogP contribution in [0.4, 0.5) is 0 Å². The van der Waals surface area contributed by atoms with Crippen LogP contribution in [0.25, 0.3) is 0 Å². The summed E-state index contributed by atoms with van der Waals surface area (Å²) in [5, 5.41) is 40.2. The van der Waals surface area contributed by atoms with Crippen LogP contribution >= 0.6 is 0 Å². The fourth-order valence-corrected chi connectivity index (χ4v) is 3.80. The first-order valence-corrected chi connectivity index (χ1v) is 10.6. The second kappa shape index (κ2) is 12.5. The maximum absolute atomic E-state index is 11.8. The molecule has 0 saturated carbocycles. The SMILES string of the molecule is CC(=O)OC1[C@@H](OC(C)=O)C(O[C@H]2[C@H](OC(C)=O)[C@@H](OC(C)=O)C(O)O[C@@H]2CO)O[C@H](CO)[C@H]1O. The van der Waals surface area contributed by atoms with Gasteiger partial charge >= 0.3 is 23.9 Å². The Labute approximate surface area is 199 Å². The van der Waals surface area contributed by atoms with Crippen molar-refractivity contribution in [2.45, 2.75) is 89.1 Å². The number of aliphatic hydroxyl groups excluding tert-OH is 4. The smallest absolute Gasteiger partial charge is 0.303 e. The lowest BCUT2D eigenvalue weighted by molar-refractivity contribution is -0.356. The van der Waals surface area contributed by atoms with Gasteiger partial charge in [0.2, 0.25) is 0 Å². The highest BCUT2D eigenvalue weighted by Crippen LogP contribution is 2.33. The Morgan fingerprint density at radius 3 is 1.57 bits per heavy atom. The molecule has 2 rings (SSSR count). The summed E-state index contributed by atoms with van der Waals surface area (Å²) in [4.78, 5) is 46.7. The molecule has 0 bridgehead atoms. The molecule has 3 unspecified atom stereocenters. The third-order valence-electron chi connectivity index (χ3n) is 5.09. The van der Waals surface area contributed by atoms with Crippen molar-refractivity contribution in [3.63, 3.8) is 0 Å². The summed E-state index contributed by atoms with van der Waals surface area (Å²) in [5.74, 6) is -3.45. The molecule has 0 amide bonds. The quantitative estimate of drug-likeness (QED) is 0.188. The van der Waals surface area contributed by atoms with Crippen LogP contribution < -0.4 is 0 Å². The van der Waals surface area contributed by atoms with Crippen molar-refractivity contribution in [2.75, 3.05) is 13.2 Å². The van der Waals surface area contributed by atoms with Gasteiger partial charge in [-0.15, -0.1) is 0 Å². The third kappa shape index (κ3) is 7.30. The van der Waals surface area contributed by atoms with Crippen LogP contribution in [0, 0.1) is 0 Å². The summed E-state index contributed by atoms with van der Waals surface area (Å²) in [7, 11) is 0. The molecule has 2 saturated heterocycles. The number of hydrogen-bond acceptors (Lipinski definition) is 15. The fraction of sp³-hybridized carbons (Fsp3) is 0.800. The summed E-state index contributed by atoms with van der Waals surface area (Å²) in [6.07, 6.45) is -15.7. The summed E-state index contributed by atoms with van der Waals surface area (Å²) >= 11 is 0. The van der Waals surface area contributed by atoms with Gasteiger partial charge in [-0.05, 0) is 0 Å². The van der Waals surface area contributed by atoms with Crippen LogP contribution in [0.3, 0.4) is 0 Å². The summed E-state index contributed by atoms with van der Waals surface area (Å²) < 4.78 is 37.1. The zero-order chi connectivity index (χ0) is 26.4. The van der Waals surface area contributed by atoms with Crippen LogP contribution in [0.1, 0.15) is 27.7 Å². The number of esters is 4. The Kier molecular flexibility index (Phi) is 10.3. The van der Waals surface area contributed by atoms with Gasteiger partial charge in [-0.1, -0.05) is 0 Å². The Morgan fingerprint density at radius 1 is 0.629 bits per heavy atom. The average molecular weight is 510 g/mol. The highest BCUT2D eigenvalue weighted by Gasteiger charge is 2.55. The number of hydrogen-bond donors (Lipinski definition) is 4. The zero-order valence-electron chi connectivity index (χ0n) is 19.5. The van der Waals surface area contributed by atoms with E-state index in [1.807, 2.05) is 0 Å². The molecular weight excluding hydrogens is 480 g/mol. The predicted octanol–water partition coefficient (Wildman–Crippen LogP) is -3.11. The number of ether oxygens (including phenoxy) is 7. The highest BCUT2D eigenvalue weighted by molar-refractivity contribution is 5.68. The summed E-state index contributed by atoms with van der Waals surface area (Å²) in [5.41, 5.74) is 0. The predicted molar refractivity (Wildman–Crippen MR) is 107 cm³/mol. The molecule has 0 aromatic rings. The molecule has 0 spiro atoms. The third-order valence-corrected chi connectivity index (χ3v) is 5.09. The van der Waals surface area contributed by atoms with E-state index in [0.717, 1.165) is 27.7 Å². The Balaban J connectivity index is 2.47. The minimum Gasteiger partial charge on any atom is -0.455 e. The van der Waals surface area contributed by atoms with Crippen molar-refractivity contribution in [2.24, 2.45) is 0 Å². The van der Waals surface area contributed by atoms with E-state index in [4.69, 9.17) is 33.2 Å². The first kappa shape index (κ1) is 28.8. The molecule has 2 heterocycles. The number of aliphatic hydroxyl groups is 4. The van der Waals surface area contributed by atoms with Crippen LogP contribution in [0.2, 0.25) is 0 Å². The topological polar surface area (TPSA) is 214 Å². The first-order chi connectivity index (χ1) is 16.4. The normalized spacial score (nSPS) is 37.1. The molecular formula is C20H30O15. The Hall–Kier alpha value is -2.40. The standard InChI is InChI=1S/C20H30O15/c1-7(23)29-15-13(27)11(5-21)34-20(18(15)32-10(4)26)35-14-12(6-22)33-19(28)17(31-9(3)25)16(14)30-8(2)24/h11-22,27-28H,5-6H2,1-4H3/t11-,12-,13-,14-,15?,16+,17-,18-,19?,20?/m1/s1. The van der Waals surface area contributed by atoms with Crippen molar-refractivity contribution < 1.29 is 72.8 Å². The van der Waals surface area contributed by atoms with E-state index in [1.54, 1.807) is 0 Å². The first-order valence-electron chi connectivity index (χ1n) is 10.6. The Bertz CT molecular complexity index is 772. The summed E-state index contributed by atoms with van der Waals surface area (Å²) in [6, 6.07) is 0. The van der Waals surface area contributed by atoms with Gasteiger partial charge in [0.15, 0.2) is 37.0 Å². The van der Waals surface area contributed by atoms with Gasteiger partial charge in [0.05, 0.1) is 13.2 Å². The van der Waals surface area contributed by atoms with Crippen molar-refractivity contribution in [1.82, 2.24) is 0 Å². The molecule has 0 aliphatic carbocycles. The molecule has 4 N–H and O–H groups in total. The van der Waals surface area contributed by atoms with Crippen LogP contribution in [0.15, 0.2) is 0 Å². The molecule has 35 heavy (non-hydrogen) atoms. The van der Waals surface area contributed by atoms with E-state index >= 15 is 0 Å². The fourth-order valence-electron chi connectivity index (χ4n) is 3.80. The van der Waals surface area contributed by atoms with E-state index in [0.29, 0.717) is 0 Å². The van der Waals surface area contributed by atoms with Crippen molar-refractivity contribution in [3.05, 3.63) is 0 Å². The van der Waals surface area contributed by atoms with Gasteiger partial charge in [0.25, 0.3) is 0 Å². The van der Waals surface area contributed by atoms with E-state index in [-0.39, 0.29) is 0 Å². The van der Waals surface area contributed by atoms with E-state index in [2.05, 4.69) is 0 Å². The minimum atomic E-state index is -1.82. The number of carbonyl (C=O) groups excluding carboxylic acids is 4. The molecule has 0 aromatic carbocycles. The Morgan fingerprint density at radius 2 is 1.09 bits per heavy atom. The largest absolute Gasteiger partial charge is 0.455 e. The number of rotatable bonds is 8. The van der Waals surface area contributed by atoms with E-state index in [1.165, 1.54) is 0 Å². The maximum atomic E-state index is 11.8. The van der Waals surface area contributed by atoms with E-state index < -0.39 is 98.5 Å². The maximum Gasteiger partial charge on any atom is 0.303 e. The second-order valence-corrected chi connectivity index (χ2v) is 7.86. The van der Waals surface area contributed by atoms with Gasteiger partial charge in [-0.2, -0.15) is 0 Å². The van der Waals surface area contributed by atoms with Gasteiger partial charge in [0, 0.05) is 27.7 Å². The minimum absolute atomic E-state index is 0.766. The lowest BCUT2D eigenvalue weighted by Gasteiger charge is -2.47. The zero-order valence-corrected chi connectivity index (χ0v) is 19.5. The van der Waals surface area contributed by atoms with Crippen molar-refractivity contribution in [1.29, 1.82) is 0 Å². The van der Waals surface area contributed by atoms with Crippen LogP contribution in [0.5, 0.6) is 0 Å². The molecule has 10 atom stereocenters. The monoisotopic (exact) mass is 510 g/mol. The molecule has 200 valence electrons. The molecule has 0 aromatic heterocycles. The van der Waals surface area contributed by atoms with Gasteiger partial charge < -0.3 is 53.6 Å². The van der Waals surface area contributed by atoms with Crippen molar-refractivity contribution in [3.8, 4) is 0 Å².